The zero-order valence-electron chi connectivity index (χ0n) is 12.4. The normalized spacial score (nSPS) is 10.7. The monoisotopic (exact) mass is 317 g/mol. The third kappa shape index (κ3) is 3.21. The zero-order chi connectivity index (χ0) is 17.0. The molecule has 0 unspecified atom stereocenters. The van der Waals surface area contributed by atoms with Crippen LogP contribution in [0.1, 0.15) is 26.3 Å². The van der Waals surface area contributed by atoms with Crippen molar-refractivity contribution in [2.75, 3.05) is 28.3 Å². The number of nitrogens with zero attached hydrogens (tertiary/aromatic N) is 1. The summed E-state index contributed by atoms with van der Waals surface area (Å²) in [4.78, 5) is 24.6. The van der Waals surface area contributed by atoms with Crippen LogP contribution < -0.4 is 0 Å². The number of rotatable bonds is 4. The standard InChI is InChI=1S/C14H14F3NO4/c1-18(2)6-5-7-10(15)8(13(19)21-3)9(14(20)22-4)12(17)11(7)16/h5-6H,1-4H3. The Kier molecular flexibility index (Phi) is 5.56. The van der Waals surface area contributed by atoms with Crippen molar-refractivity contribution >= 4 is 18.0 Å². The molecule has 0 atom stereocenters. The molecule has 0 aliphatic heterocycles. The van der Waals surface area contributed by atoms with E-state index < -0.39 is 46.1 Å². The Balaban J connectivity index is 3.77. The molecular weight excluding hydrogens is 303 g/mol. The molecule has 0 amide bonds. The molecular formula is C14H14F3NO4. The van der Waals surface area contributed by atoms with Gasteiger partial charge in [-0.25, -0.2) is 22.8 Å². The molecule has 1 aromatic rings. The summed E-state index contributed by atoms with van der Waals surface area (Å²) < 4.78 is 51.0. The van der Waals surface area contributed by atoms with E-state index in [-0.39, 0.29) is 0 Å². The van der Waals surface area contributed by atoms with Crippen molar-refractivity contribution in [2.45, 2.75) is 0 Å². The lowest BCUT2D eigenvalue weighted by Crippen LogP contribution is -2.19. The van der Waals surface area contributed by atoms with Crippen molar-refractivity contribution in [1.29, 1.82) is 0 Å². The van der Waals surface area contributed by atoms with E-state index >= 15 is 0 Å². The van der Waals surface area contributed by atoms with Gasteiger partial charge in [0.1, 0.15) is 16.9 Å². The number of methoxy groups -OCH3 is 2. The Bertz CT molecular complexity index is 642. The number of hydrogen-bond donors (Lipinski definition) is 0. The lowest BCUT2D eigenvalue weighted by Gasteiger charge is -2.12. The quantitative estimate of drug-likeness (QED) is 0.629. The highest BCUT2D eigenvalue weighted by atomic mass is 19.2. The minimum absolute atomic E-state index is 0.806. The van der Waals surface area contributed by atoms with E-state index in [0.717, 1.165) is 20.3 Å². The number of benzene rings is 1. The second kappa shape index (κ2) is 6.97. The van der Waals surface area contributed by atoms with Gasteiger partial charge in [-0.1, -0.05) is 0 Å². The predicted molar refractivity (Wildman–Crippen MR) is 71.7 cm³/mol. The first-order valence-corrected chi connectivity index (χ1v) is 5.97. The second-order valence-electron chi connectivity index (χ2n) is 4.37. The fourth-order valence-electron chi connectivity index (χ4n) is 1.64. The molecule has 0 bridgehead atoms. The molecule has 0 spiro atoms. The Labute approximate surface area is 124 Å². The number of hydrogen-bond acceptors (Lipinski definition) is 5. The van der Waals surface area contributed by atoms with Gasteiger partial charge in [-0.15, -0.1) is 0 Å². The van der Waals surface area contributed by atoms with Crippen LogP contribution in [-0.2, 0) is 9.47 Å². The lowest BCUT2D eigenvalue weighted by molar-refractivity contribution is 0.0544. The molecule has 1 rings (SSSR count). The molecule has 0 aromatic heterocycles. The van der Waals surface area contributed by atoms with Crippen LogP contribution in [0.4, 0.5) is 13.2 Å². The Hall–Kier alpha value is -2.51. The van der Waals surface area contributed by atoms with Crippen LogP contribution in [-0.4, -0.2) is 45.2 Å². The van der Waals surface area contributed by atoms with E-state index in [9.17, 15) is 22.8 Å². The topological polar surface area (TPSA) is 55.8 Å². The molecule has 0 heterocycles. The largest absolute Gasteiger partial charge is 0.465 e. The van der Waals surface area contributed by atoms with Crippen molar-refractivity contribution in [1.82, 2.24) is 4.90 Å². The van der Waals surface area contributed by atoms with Crippen molar-refractivity contribution < 1.29 is 32.2 Å². The summed E-state index contributed by atoms with van der Waals surface area (Å²) in [5, 5.41) is 0. The Morgan fingerprint density at radius 3 is 1.77 bits per heavy atom. The first-order chi connectivity index (χ1) is 10.3. The van der Waals surface area contributed by atoms with Crippen LogP contribution in [0.3, 0.4) is 0 Å². The molecule has 0 aliphatic carbocycles. The van der Waals surface area contributed by atoms with Crippen molar-refractivity contribution in [2.24, 2.45) is 0 Å². The Morgan fingerprint density at radius 2 is 1.36 bits per heavy atom. The highest BCUT2D eigenvalue weighted by Gasteiger charge is 2.32. The molecule has 22 heavy (non-hydrogen) atoms. The molecule has 0 fully saturated rings. The van der Waals surface area contributed by atoms with Crippen LogP contribution in [0.5, 0.6) is 0 Å². The highest BCUT2D eigenvalue weighted by Crippen LogP contribution is 2.27. The maximum Gasteiger partial charge on any atom is 0.341 e. The van der Waals surface area contributed by atoms with Gasteiger partial charge in [0.25, 0.3) is 0 Å². The molecule has 5 nitrogen and oxygen atoms in total. The summed E-state index contributed by atoms with van der Waals surface area (Å²) in [6, 6.07) is 0. The van der Waals surface area contributed by atoms with E-state index in [1.165, 1.54) is 11.1 Å². The third-order valence-electron chi connectivity index (χ3n) is 2.67. The van der Waals surface area contributed by atoms with Crippen LogP contribution in [0.25, 0.3) is 6.08 Å². The van der Waals surface area contributed by atoms with Gasteiger partial charge in [-0.2, -0.15) is 0 Å². The summed E-state index contributed by atoms with van der Waals surface area (Å²) in [5.74, 6) is -7.42. The summed E-state index contributed by atoms with van der Waals surface area (Å²) in [7, 11) is 4.96. The summed E-state index contributed by atoms with van der Waals surface area (Å²) in [6.07, 6.45) is 2.18. The molecule has 1 aromatic carbocycles. The summed E-state index contributed by atoms with van der Waals surface area (Å²) >= 11 is 0. The fraction of sp³-hybridized carbons (Fsp3) is 0.286. The minimum Gasteiger partial charge on any atom is -0.465 e. The van der Waals surface area contributed by atoms with E-state index in [0.29, 0.717) is 0 Å². The second-order valence-corrected chi connectivity index (χ2v) is 4.37. The number of ether oxygens (including phenoxy) is 2. The van der Waals surface area contributed by atoms with Crippen LogP contribution in [0, 0.1) is 17.5 Å². The first kappa shape index (κ1) is 17.5. The summed E-state index contributed by atoms with van der Waals surface area (Å²) in [5.41, 5.74) is -2.97. The van der Waals surface area contributed by atoms with E-state index in [1.54, 1.807) is 14.1 Å². The van der Waals surface area contributed by atoms with Crippen LogP contribution >= 0.6 is 0 Å². The third-order valence-corrected chi connectivity index (χ3v) is 2.67. The molecule has 120 valence electrons. The number of carbonyl (C=O) groups is 2. The van der Waals surface area contributed by atoms with Gasteiger partial charge in [0, 0.05) is 14.1 Å². The van der Waals surface area contributed by atoms with Crippen LogP contribution in [0.15, 0.2) is 6.20 Å². The molecule has 0 radical (unpaired) electrons. The maximum atomic E-state index is 14.4. The molecule has 8 heteroatoms. The van der Waals surface area contributed by atoms with E-state index in [1.807, 2.05) is 0 Å². The van der Waals surface area contributed by atoms with Gasteiger partial charge in [0.15, 0.2) is 11.6 Å². The summed E-state index contributed by atoms with van der Waals surface area (Å²) in [6.45, 7) is 0. The highest BCUT2D eigenvalue weighted by molar-refractivity contribution is 6.04. The molecule has 0 N–H and O–H groups in total. The van der Waals surface area contributed by atoms with Gasteiger partial charge in [-0.3, -0.25) is 0 Å². The van der Waals surface area contributed by atoms with Crippen molar-refractivity contribution in [3.05, 3.63) is 40.3 Å². The van der Waals surface area contributed by atoms with Gasteiger partial charge >= 0.3 is 11.9 Å². The van der Waals surface area contributed by atoms with E-state index in [2.05, 4.69) is 9.47 Å². The average molecular weight is 317 g/mol. The zero-order valence-corrected chi connectivity index (χ0v) is 12.4. The maximum absolute atomic E-state index is 14.4. The van der Waals surface area contributed by atoms with Crippen molar-refractivity contribution in [3.63, 3.8) is 0 Å². The molecule has 0 saturated heterocycles. The van der Waals surface area contributed by atoms with Gasteiger partial charge < -0.3 is 14.4 Å². The average Bonchev–Trinajstić information content (AvgIpc) is 2.48. The predicted octanol–water partition coefficient (Wildman–Crippen LogP) is 2.21. The van der Waals surface area contributed by atoms with Gasteiger partial charge in [-0.05, 0) is 12.3 Å². The van der Waals surface area contributed by atoms with E-state index in [4.69, 9.17) is 0 Å². The molecule has 0 saturated carbocycles. The first-order valence-electron chi connectivity index (χ1n) is 5.97. The smallest absolute Gasteiger partial charge is 0.341 e. The number of carbonyl (C=O) groups excluding carboxylic acids is 2. The SMILES string of the molecule is COC(=O)c1c(F)c(F)c(C=CN(C)C)c(F)c1C(=O)OC. The lowest BCUT2D eigenvalue weighted by atomic mass is 10.0. The number of esters is 2. The minimum atomic E-state index is -1.69. The number of halogens is 3. The molecule has 0 aliphatic rings. The van der Waals surface area contributed by atoms with Gasteiger partial charge in [0.05, 0.1) is 19.8 Å². The Morgan fingerprint density at radius 1 is 0.909 bits per heavy atom. The van der Waals surface area contributed by atoms with Crippen LogP contribution in [0.2, 0.25) is 0 Å². The fourth-order valence-corrected chi connectivity index (χ4v) is 1.64. The van der Waals surface area contributed by atoms with Crippen molar-refractivity contribution in [3.8, 4) is 0 Å². The van der Waals surface area contributed by atoms with Gasteiger partial charge in [0.2, 0.25) is 0 Å².